The van der Waals surface area contributed by atoms with Gasteiger partial charge in [-0.3, -0.25) is 0 Å². The SMILES string of the molecule is Cc1ccc(C=C(CN)CN)cc1. The van der Waals surface area contributed by atoms with Crippen molar-refractivity contribution in [2.24, 2.45) is 11.5 Å². The van der Waals surface area contributed by atoms with Crippen molar-refractivity contribution >= 4 is 6.08 Å². The van der Waals surface area contributed by atoms with Crippen LogP contribution < -0.4 is 11.5 Å². The number of aryl methyl sites for hydroxylation is 1. The second kappa shape index (κ2) is 4.80. The second-order valence-electron chi connectivity index (χ2n) is 3.12. The average molecular weight is 176 g/mol. The normalized spacial score (nSPS) is 9.77. The lowest BCUT2D eigenvalue weighted by Gasteiger charge is -2.00. The first-order valence-electron chi connectivity index (χ1n) is 4.42. The molecular formula is C11H16N2. The highest BCUT2D eigenvalue weighted by molar-refractivity contribution is 5.53. The molecule has 13 heavy (non-hydrogen) atoms. The Morgan fingerprint density at radius 1 is 1.15 bits per heavy atom. The molecule has 0 amide bonds. The fourth-order valence-electron chi connectivity index (χ4n) is 1.10. The molecule has 0 spiro atoms. The molecule has 0 saturated heterocycles. The molecule has 2 nitrogen and oxygen atoms in total. The van der Waals surface area contributed by atoms with Gasteiger partial charge < -0.3 is 11.5 Å². The first kappa shape index (κ1) is 9.96. The van der Waals surface area contributed by atoms with Crippen molar-refractivity contribution < 1.29 is 0 Å². The maximum Gasteiger partial charge on any atom is 0.0152 e. The Hall–Kier alpha value is -1.12. The summed E-state index contributed by atoms with van der Waals surface area (Å²) in [4.78, 5) is 0. The summed E-state index contributed by atoms with van der Waals surface area (Å²) in [5, 5.41) is 0. The van der Waals surface area contributed by atoms with Crippen LogP contribution in [-0.2, 0) is 0 Å². The van der Waals surface area contributed by atoms with E-state index in [0.29, 0.717) is 13.1 Å². The van der Waals surface area contributed by atoms with Crippen LogP contribution >= 0.6 is 0 Å². The van der Waals surface area contributed by atoms with Gasteiger partial charge in [0.2, 0.25) is 0 Å². The Morgan fingerprint density at radius 3 is 2.15 bits per heavy atom. The third-order valence-electron chi connectivity index (χ3n) is 1.97. The fourth-order valence-corrected chi connectivity index (χ4v) is 1.10. The topological polar surface area (TPSA) is 52.0 Å². The quantitative estimate of drug-likeness (QED) is 0.729. The van der Waals surface area contributed by atoms with Gasteiger partial charge in [0, 0.05) is 13.1 Å². The van der Waals surface area contributed by atoms with Gasteiger partial charge >= 0.3 is 0 Å². The molecule has 0 saturated carbocycles. The first-order chi connectivity index (χ1) is 6.26. The molecule has 0 atom stereocenters. The van der Waals surface area contributed by atoms with Crippen molar-refractivity contribution in [2.45, 2.75) is 6.92 Å². The van der Waals surface area contributed by atoms with Gasteiger partial charge in [-0.15, -0.1) is 0 Å². The number of rotatable bonds is 3. The lowest BCUT2D eigenvalue weighted by Crippen LogP contribution is -2.12. The van der Waals surface area contributed by atoms with Crippen molar-refractivity contribution in [3.63, 3.8) is 0 Å². The van der Waals surface area contributed by atoms with Crippen molar-refractivity contribution in [1.29, 1.82) is 0 Å². The van der Waals surface area contributed by atoms with E-state index in [0.717, 1.165) is 11.1 Å². The van der Waals surface area contributed by atoms with Crippen LogP contribution in [0, 0.1) is 6.92 Å². The first-order valence-corrected chi connectivity index (χ1v) is 4.42. The van der Waals surface area contributed by atoms with E-state index in [9.17, 15) is 0 Å². The number of hydrogen-bond acceptors (Lipinski definition) is 2. The van der Waals surface area contributed by atoms with Gasteiger partial charge in [-0.2, -0.15) is 0 Å². The van der Waals surface area contributed by atoms with Crippen LogP contribution in [0.25, 0.3) is 6.08 Å². The Bertz CT molecular complexity index is 279. The minimum absolute atomic E-state index is 0.532. The Labute approximate surface area is 79.2 Å². The lowest BCUT2D eigenvalue weighted by molar-refractivity contribution is 1.05. The molecule has 0 fully saturated rings. The molecular weight excluding hydrogens is 160 g/mol. The molecule has 1 rings (SSSR count). The third kappa shape index (κ3) is 3.01. The van der Waals surface area contributed by atoms with Crippen LogP contribution in [-0.4, -0.2) is 13.1 Å². The Kier molecular flexibility index (Phi) is 3.68. The highest BCUT2D eigenvalue weighted by Gasteiger charge is 1.92. The van der Waals surface area contributed by atoms with Gasteiger partial charge in [0.1, 0.15) is 0 Å². The summed E-state index contributed by atoms with van der Waals surface area (Å²) in [5.74, 6) is 0. The van der Waals surface area contributed by atoms with Crippen molar-refractivity contribution in [3.05, 3.63) is 41.0 Å². The van der Waals surface area contributed by atoms with E-state index in [2.05, 4.69) is 31.2 Å². The van der Waals surface area contributed by atoms with Crippen LogP contribution in [0.3, 0.4) is 0 Å². The number of benzene rings is 1. The monoisotopic (exact) mass is 176 g/mol. The van der Waals surface area contributed by atoms with Gasteiger partial charge in [0.25, 0.3) is 0 Å². The predicted octanol–water partition coefficient (Wildman–Crippen LogP) is 1.30. The van der Waals surface area contributed by atoms with Crippen molar-refractivity contribution in [3.8, 4) is 0 Å². The zero-order chi connectivity index (χ0) is 9.68. The van der Waals surface area contributed by atoms with E-state index >= 15 is 0 Å². The molecule has 4 N–H and O–H groups in total. The van der Waals surface area contributed by atoms with Gasteiger partial charge in [-0.25, -0.2) is 0 Å². The Morgan fingerprint density at radius 2 is 1.69 bits per heavy atom. The summed E-state index contributed by atoms with van der Waals surface area (Å²) >= 11 is 0. The van der Waals surface area contributed by atoms with Crippen LogP contribution in [0.1, 0.15) is 11.1 Å². The largest absolute Gasteiger partial charge is 0.327 e. The maximum atomic E-state index is 5.51. The molecule has 1 aromatic carbocycles. The lowest BCUT2D eigenvalue weighted by atomic mass is 10.1. The smallest absolute Gasteiger partial charge is 0.0152 e. The molecule has 1 aromatic rings. The molecule has 0 heterocycles. The van der Waals surface area contributed by atoms with Crippen LogP contribution in [0.15, 0.2) is 29.8 Å². The second-order valence-corrected chi connectivity index (χ2v) is 3.12. The molecule has 0 aliphatic heterocycles. The molecule has 2 heteroatoms. The zero-order valence-electron chi connectivity index (χ0n) is 7.96. The molecule has 0 unspecified atom stereocenters. The highest BCUT2D eigenvalue weighted by Crippen LogP contribution is 2.07. The Balaban J connectivity index is 2.84. The summed E-state index contributed by atoms with van der Waals surface area (Å²) in [6, 6.07) is 8.30. The fraction of sp³-hybridized carbons (Fsp3) is 0.273. The molecule has 0 bridgehead atoms. The van der Waals surface area contributed by atoms with E-state index in [4.69, 9.17) is 11.5 Å². The maximum absolute atomic E-state index is 5.51. The third-order valence-corrected chi connectivity index (χ3v) is 1.97. The molecule has 0 aliphatic carbocycles. The molecule has 0 radical (unpaired) electrons. The van der Waals surface area contributed by atoms with Crippen LogP contribution in [0.4, 0.5) is 0 Å². The molecule has 0 aromatic heterocycles. The summed E-state index contributed by atoms with van der Waals surface area (Å²) in [6.45, 7) is 3.13. The van der Waals surface area contributed by atoms with Crippen molar-refractivity contribution in [1.82, 2.24) is 0 Å². The summed E-state index contributed by atoms with van der Waals surface area (Å²) in [7, 11) is 0. The van der Waals surface area contributed by atoms with E-state index in [1.807, 2.05) is 6.08 Å². The summed E-state index contributed by atoms with van der Waals surface area (Å²) in [5.41, 5.74) is 14.5. The predicted molar refractivity (Wildman–Crippen MR) is 57.3 cm³/mol. The molecule has 70 valence electrons. The van der Waals surface area contributed by atoms with Crippen molar-refractivity contribution in [2.75, 3.05) is 13.1 Å². The summed E-state index contributed by atoms with van der Waals surface area (Å²) in [6.07, 6.45) is 2.04. The average Bonchev–Trinajstić information content (AvgIpc) is 2.17. The minimum atomic E-state index is 0.532. The highest BCUT2D eigenvalue weighted by atomic mass is 14.6. The summed E-state index contributed by atoms with van der Waals surface area (Å²) < 4.78 is 0. The van der Waals surface area contributed by atoms with E-state index in [1.54, 1.807) is 0 Å². The van der Waals surface area contributed by atoms with Gasteiger partial charge in [0.05, 0.1) is 0 Å². The van der Waals surface area contributed by atoms with E-state index in [-0.39, 0.29) is 0 Å². The van der Waals surface area contributed by atoms with E-state index in [1.165, 1.54) is 5.56 Å². The van der Waals surface area contributed by atoms with E-state index < -0.39 is 0 Å². The van der Waals surface area contributed by atoms with Gasteiger partial charge in [-0.1, -0.05) is 35.9 Å². The minimum Gasteiger partial charge on any atom is -0.327 e. The standard InChI is InChI=1S/C11H16N2/c1-9-2-4-10(5-3-9)6-11(7-12)8-13/h2-6H,7-8,12-13H2,1H3. The number of hydrogen-bond donors (Lipinski definition) is 2. The van der Waals surface area contributed by atoms with Gasteiger partial charge in [0.15, 0.2) is 0 Å². The van der Waals surface area contributed by atoms with Crippen LogP contribution in [0.2, 0.25) is 0 Å². The van der Waals surface area contributed by atoms with Crippen LogP contribution in [0.5, 0.6) is 0 Å². The molecule has 0 aliphatic rings. The zero-order valence-corrected chi connectivity index (χ0v) is 7.96. The van der Waals surface area contributed by atoms with Gasteiger partial charge in [-0.05, 0) is 18.1 Å². The number of nitrogens with two attached hydrogens (primary N) is 2.